The molecule has 0 atom stereocenters. The molecule has 0 aliphatic rings. The van der Waals surface area contributed by atoms with Gasteiger partial charge in [-0.1, -0.05) is 0 Å². The zero-order valence-corrected chi connectivity index (χ0v) is 15.1. The number of rotatable bonds is 5. The molecule has 0 aliphatic carbocycles. The number of H-pyrrole nitrogens is 1. The fourth-order valence-corrected chi connectivity index (χ4v) is 3.38. The molecular formula is C16H19N5O3S. The average molecular weight is 361 g/mol. The van der Waals surface area contributed by atoms with Crippen molar-refractivity contribution in [2.24, 2.45) is 14.1 Å². The smallest absolute Gasteiger partial charge is 0.332 e. The van der Waals surface area contributed by atoms with E-state index in [0.717, 1.165) is 9.44 Å². The van der Waals surface area contributed by atoms with Gasteiger partial charge in [0.2, 0.25) is 0 Å². The topological polar surface area (TPSA) is 102 Å². The molecule has 0 unspecified atom stereocenters. The van der Waals surface area contributed by atoms with Crippen LogP contribution < -0.4 is 16.6 Å². The monoisotopic (exact) mass is 361 g/mol. The standard InChI is InChI=1S/C16H19N5O3S/c1-9-6-7-10(25-9)14(22)17-8-4-5-11-18-12-13(19-11)20(2)16(24)21(3)15(12)23/h6-7H,4-5,8H2,1-3H3,(H,17,22)(H,18,19). The Balaban J connectivity index is 1.65. The van der Waals surface area contributed by atoms with E-state index in [1.807, 2.05) is 19.1 Å². The molecule has 0 fully saturated rings. The summed E-state index contributed by atoms with van der Waals surface area (Å²) < 4.78 is 2.39. The number of fused-ring (bicyclic) bond motifs is 1. The van der Waals surface area contributed by atoms with Crippen molar-refractivity contribution in [3.05, 3.63) is 48.5 Å². The van der Waals surface area contributed by atoms with Crippen LogP contribution >= 0.6 is 11.3 Å². The SMILES string of the molecule is Cc1ccc(C(=O)NCCCc2nc3c([nH]2)c(=O)n(C)c(=O)n3C)s1. The van der Waals surface area contributed by atoms with E-state index in [2.05, 4.69) is 15.3 Å². The van der Waals surface area contributed by atoms with Gasteiger partial charge in [-0.05, 0) is 25.5 Å². The lowest BCUT2D eigenvalue weighted by Gasteiger charge is -2.02. The second kappa shape index (κ2) is 6.67. The van der Waals surface area contributed by atoms with Crippen molar-refractivity contribution in [1.82, 2.24) is 24.4 Å². The Bertz CT molecular complexity index is 1060. The molecule has 0 aromatic carbocycles. The summed E-state index contributed by atoms with van der Waals surface area (Å²) in [7, 11) is 3.02. The van der Waals surface area contributed by atoms with E-state index in [1.165, 1.54) is 23.0 Å². The predicted octanol–water partition coefficient (Wildman–Crippen LogP) is 0.693. The van der Waals surface area contributed by atoms with Crippen LogP contribution in [0.25, 0.3) is 11.2 Å². The zero-order chi connectivity index (χ0) is 18.1. The number of amides is 1. The number of thiophene rings is 1. The van der Waals surface area contributed by atoms with Gasteiger partial charge in [-0.3, -0.25) is 18.7 Å². The molecule has 0 spiro atoms. The van der Waals surface area contributed by atoms with Gasteiger partial charge in [0, 0.05) is 31.9 Å². The minimum atomic E-state index is -0.408. The van der Waals surface area contributed by atoms with E-state index in [-0.39, 0.29) is 5.91 Å². The molecule has 3 aromatic rings. The zero-order valence-electron chi connectivity index (χ0n) is 14.3. The molecule has 0 bridgehead atoms. The Hall–Kier alpha value is -2.68. The van der Waals surface area contributed by atoms with Crippen LogP contribution in [0.4, 0.5) is 0 Å². The average Bonchev–Trinajstić information content (AvgIpc) is 3.21. The number of imidazole rings is 1. The summed E-state index contributed by atoms with van der Waals surface area (Å²) in [6.45, 7) is 2.46. The molecule has 2 N–H and O–H groups in total. The van der Waals surface area contributed by atoms with Gasteiger partial charge in [-0.2, -0.15) is 0 Å². The molecule has 3 aromatic heterocycles. The molecule has 0 saturated carbocycles. The molecular weight excluding hydrogens is 342 g/mol. The molecule has 0 aliphatic heterocycles. The lowest BCUT2D eigenvalue weighted by atomic mass is 10.3. The van der Waals surface area contributed by atoms with E-state index < -0.39 is 11.2 Å². The number of aromatic amines is 1. The van der Waals surface area contributed by atoms with Crippen molar-refractivity contribution >= 4 is 28.4 Å². The Morgan fingerprint density at radius 1 is 1.28 bits per heavy atom. The van der Waals surface area contributed by atoms with E-state index in [0.29, 0.717) is 41.3 Å². The molecule has 8 nitrogen and oxygen atoms in total. The second-order valence-corrected chi connectivity index (χ2v) is 7.15. The van der Waals surface area contributed by atoms with Crippen LogP contribution in [0.2, 0.25) is 0 Å². The van der Waals surface area contributed by atoms with Crippen LogP contribution in [0, 0.1) is 6.92 Å². The first-order valence-corrected chi connectivity index (χ1v) is 8.69. The Labute approximate surface area is 147 Å². The quantitative estimate of drug-likeness (QED) is 0.653. The number of aryl methyl sites for hydroxylation is 3. The van der Waals surface area contributed by atoms with Gasteiger partial charge >= 0.3 is 5.69 Å². The highest BCUT2D eigenvalue weighted by molar-refractivity contribution is 7.13. The third-order valence-corrected chi connectivity index (χ3v) is 4.98. The maximum atomic E-state index is 12.1. The predicted molar refractivity (Wildman–Crippen MR) is 96.3 cm³/mol. The number of hydrogen-bond acceptors (Lipinski definition) is 5. The molecule has 3 heterocycles. The largest absolute Gasteiger partial charge is 0.351 e. The lowest BCUT2D eigenvalue weighted by Crippen LogP contribution is -2.36. The highest BCUT2D eigenvalue weighted by atomic mass is 32.1. The van der Waals surface area contributed by atoms with Crippen molar-refractivity contribution in [2.75, 3.05) is 6.54 Å². The first-order valence-electron chi connectivity index (χ1n) is 7.87. The summed E-state index contributed by atoms with van der Waals surface area (Å²) in [5.41, 5.74) is -0.133. The van der Waals surface area contributed by atoms with E-state index in [1.54, 1.807) is 7.05 Å². The van der Waals surface area contributed by atoms with Crippen LogP contribution in [0.15, 0.2) is 21.7 Å². The van der Waals surface area contributed by atoms with Gasteiger partial charge in [-0.15, -0.1) is 11.3 Å². The number of carbonyl (C=O) groups is 1. The van der Waals surface area contributed by atoms with Gasteiger partial charge < -0.3 is 10.3 Å². The Kier molecular flexibility index (Phi) is 4.58. The third kappa shape index (κ3) is 3.27. The second-order valence-electron chi connectivity index (χ2n) is 5.86. The van der Waals surface area contributed by atoms with Crippen LogP contribution in [0.3, 0.4) is 0 Å². The fourth-order valence-electron chi connectivity index (χ4n) is 2.59. The number of carbonyl (C=O) groups excluding carboxylic acids is 1. The number of nitrogens with zero attached hydrogens (tertiary/aromatic N) is 3. The first kappa shape index (κ1) is 17.2. The van der Waals surface area contributed by atoms with Crippen LogP contribution in [0.1, 0.15) is 26.8 Å². The minimum absolute atomic E-state index is 0.0843. The summed E-state index contributed by atoms with van der Waals surface area (Å²) >= 11 is 1.46. The van der Waals surface area contributed by atoms with Crippen molar-refractivity contribution in [3.63, 3.8) is 0 Å². The fraction of sp³-hybridized carbons (Fsp3) is 0.375. The van der Waals surface area contributed by atoms with Crippen LogP contribution in [-0.4, -0.2) is 31.6 Å². The van der Waals surface area contributed by atoms with Gasteiger partial charge in [0.05, 0.1) is 4.88 Å². The molecule has 132 valence electrons. The highest BCUT2D eigenvalue weighted by Gasteiger charge is 2.13. The molecule has 0 radical (unpaired) electrons. The third-order valence-electron chi connectivity index (χ3n) is 3.98. The van der Waals surface area contributed by atoms with Crippen molar-refractivity contribution < 1.29 is 4.79 Å². The summed E-state index contributed by atoms with van der Waals surface area (Å²) in [4.78, 5) is 45.1. The van der Waals surface area contributed by atoms with Crippen molar-refractivity contribution in [3.8, 4) is 0 Å². The lowest BCUT2D eigenvalue weighted by molar-refractivity contribution is 0.0957. The van der Waals surface area contributed by atoms with Crippen LogP contribution in [-0.2, 0) is 20.5 Å². The van der Waals surface area contributed by atoms with Crippen molar-refractivity contribution in [1.29, 1.82) is 0 Å². The van der Waals surface area contributed by atoms with Gasteiger partial charge in [0.25, 0.3) is 11.5 Å². The molecule has 25 heavy (non-hydrogen) atoms. The number of nitrogens with one attached hydrogen (secondary N) is 2. The summed E-state index contributed by atoms with van der Waals surface area (Å²) in [5.74, 6) is 0.536. The Morgan fingerprint density at radius 3 is 2.72 bits per heavy atom. The minimum Gasteiger partial charge on any atom is -0.351 e. The number of aromatic nitrogens is 4. The summed E-state index contributed by atoms with van der Waals surface area (Å²) in [6.07, 6.45) is 1.24. The van der Waals surface area contributed by atoms with E-state index in [4.69, 9.17) is 0 Å². The molecule has 3 rings (SSSR count). The van der Waals surface area contributed by atoms with Crippen molar-refractivity contribution in [2.45, 2.75) is 19.8 Å². The maximum absolute atomic E-state index is 12.1. The normalized spacial score (nSPS) is 11.2. The summed E-state index contributed by atoms with van der Waals surface area (Å²) in [6, 6.07) is 3.73. The van der Waals surface area contributed by atoms with E-state index >= 15 is 0 Å². The van der Waals surface area contributed by atoms with Gasteiger partial charge in [-0.25, -0.2) is 9.78 Å². The van der Waals surface area contributed by atoms with Gasteiger partial charge in [0.15, 0.2) is 5.65 Å². The Morgan fingerprint density at radius 2 is 2.04 bits per heavy atom. The van der Waals surface area contributed by atoms with E-state index in [9.17, 15) is 14.4 Å². The van der Waals surface area contributed by atoms with Crippen LogP contribution in [0.5, 0.6) is 0 Å². The summed E-state index contributed by atoms with van der Waals surface area (Å²) in [5, 5.41) is 2.87. The first-order chi connectivity index (χ1) is 11.9. The molecule has 1 amide bonds. The maximum Gasteiger partial charge on any atom is 0.332 e. The van der Waals surface area contributed by atoms with Gasteiger partial charge in [0.1, 0.15) is 11.3 Å². The highest BCUT2D eigenvalue weighted by Crippen LogP contribution is 2.14. The number of hydrogen-bond donors (Lipinski definition) is 2. The molecule has 9 heteroatoms. The molecule has 0 saturated heterocycles.